The monoisotopic (exact) mass is 670 g/mol. The molecule has 1 aromatic rings. The predicted octanol–water partition coefficient (Wildman–Crippen LogP) is 1.23. The second kappa shape index (κ2) is 19.7. The van der Waals surface area contributed by atoms with E-state index in [1.807, 2.05) is 24.3 Å². The summed E-state index contributed by atoms with van der Waals surface area (Å²) in [6, 6.07) is 7.27. The number of rotatable bonds is 23. The van der Waals surface area contributed by atoms with Crippen molar-refractivity contribution in [2.45, 2.75) is 44.9 Å². The Morgan fingerprint density at radius 2 is 1.42 bits per heavy atom. The SMILES string of the molecule is O=C(CCN1C(=O)CC(C2C=CC2)C1=O)NCCOCCOCCOCCOCCC(=O)Nc1ccc(CCC(=O)N2CCC2=O)cc1. The molecule has 14 heteroatoms. The third-order valence-electron chi connectivity index (χ3n) is 8.32. The van der Waals surface area contributed by atoms with Crippen molar-refractivity contribution in [3.05, 3.63) is 42.0 Å². The summed E-state index contributed by atoms with van der Waals surface area (Å²) >= 11 is 0. The van der Waals surface area contributed by atoms with Crippen molar-refractivity contribution in [2.75, 3.05) is 77.8 Å². The van der Waals surface area contributed by atoms with Crippen LogP contribution in [0.4, 0.5) is 5.69 Å². The third-order valence-corrected chi connectivity index (χ3v) is 8.32. The highest BCUT2D eigenvalue weighted by atomic mass is 16.6. The van der Waals surface area contributed by atoms with Crippen LogP contribution in [0.1, 0.15) is 44.1 Å². The molecule has 14 nitrogen and oxygen atoms in total. The Hall–Kier alpha value is -3.98. The van der Waals surface area contributed by atoms with Gasteiger partial charge in [-0.3, -0.25) is 38.6 Å². The summed E-state index contributed by atoms with van der Waals surface area (Å²) < 4.78 is 21.8. The number of β-lactam (4-membered cyclic amide) rings is 1. The number of hydrogen-bond donors (Lipinski definition) is 2. The lowest BCUT2D eigenvalue weighted by atomic mass is 9.82. The van der Waals surface area contributed by atoms with Gasteiger partial charge in [0.2, 0.25) is 35.4 Å². The van der Waals surface area contributed by atoms with Gasteiger partial charge in [0.25, 0.3) is 0 Å². The lowest BCUT2D eigenvalue weighted by molar-refractivity contribution is -0.152. The summed E-state index contributed by atoms with van der Waals surface area (Å²) in [6.45, 7) is 3.75. The molecule has 2 atom stereocenters. The number of hydrogen-bond acceptors (Lipinski definition) is 10. The van der Waals surface area contributed by atoms with E-state index in [-0.39, 0.29) is 86.1 Å². The van der Waals surface area contributed by atoms with Gasteiger partial charge >= 0.3 is 0 Å². The van der Waals surface area contributed by atoms with Crippen LogP contribution in [0, 0.1) is 11.8 Å². The number of aryl methyl sites for hydroxylation is 1. The Kier molecular flexibility index (Phi) is 15.2. The van der Waals surface area contributed by atoms with Crippen molar-refractivity contribution < 1.29 is 47.7 Å². The van der Waals surface area contributed by atoms with E-state index in [4.69, 9.17) is 18.9 Å². The smallest absolute Gasteiger partial charge is 0.233 e. The van der Waals surface area contributed by atoms with Crippen LogP contribution in [0.15, 0.2) is 36.4 Å². The fourth-order valence-corrected chi connectivity index (χ4v) is 5.30. The lowest BCUT2D eigenvalue weighted by Crippen LogP contribution is -2.47. The second-order valence-electron chi connectivity index (χ2n) is 11.8. The van der Waals surface area contributed by atoms with Gasteiger partial charge in [-0.05, 0) is 36.5 Å². The van der Waals surface area contributed by atoms with E-state index in [9.17, 15) is 28.8 Å². The van der Waals surface area contributed by atoms with Crippen LogP contribution in [0.3, 0.4) is 0 Å². The minimum Gasteiger partial charge on any atom is -0.379 e. The molecule has 0 spiro atoms. The van der Waals surface area contributed by atoms with Crippen molar-refractivity contribution in [1.82, 2.24) is 15.1 Å². The van der Waals surface area contributed by atoms with Crippen molar-refractivity contribution in [1.29, 1.82) is 0 Å². The van der Waals surface area contributed by atoms with Gasteiger partial charge in [0.15, 0.2) is 0 Å². The topological polar surface area (TPSA) is 170 Å². The molecule has 262 valence electrons. The molecular weight excluding hydrogens is 624 g/mol. The van der Waals surface area contributed by atoms with E-state index in [0.717, 1.165) is 12.0 Å². The number of carbonyl (C=O) groups is 6. The van der Waals surface area contributed by atoms with Gasteiger partial charge in [0.1, 0.15) is 0 Å². The molecule has 2 N–H and O–H groups in total. The first-order valence-corrected chi connectivity index (χ1v) is 16.6. The van der Waals surface area contributed by atoms with Crippen molar-refractivity contribution in [3.8, 4) is 0 Å². The Labute approximate surface area is 280 Å². The second-order valence-corrected chi connectivity index (χ2v) is 11.8. The molecule has 0 bridgehead atoms. The number of nitrogens with one attached hydrogen (secondary N) is 2. The van der Waals surface area contributed by atoms with E-state index in [0.29, 0.717) is 77.9 Å². The maximum absolute atomic E-state index is 12.5. The fourth-order valence-electron chi connectivity index (χ4n) is 5.30. The molecule has 2 fully saturated rings. The van der Waals surface area contributed by atoms with Gasteiger partial charge in [-0.1, -0.05) is 24.3 Å². The summed E-state index contributed by atoms with van der Waals surface area (Å²) in [4.78, 5) is 74.6. The van der Waals surface area contributed by atoms with Crippen molar-refractivity contribution in [2.24, 2.45) is 11.8 Å². The van der Waals surface area contributed by atoms with Crippen molar-refractivity contribution >= 4 is 41.1 Å². The number of anilines is 1. The summed E-state index contributed by atoms with van der Waals surface area (Å²) in [5.74, 6) is -1.18. The fraction of sp³-hybridized carbons (Fsp3) is 0.588. The number of carbonyl (C=O) groups excluding carboxylic acids is 6. The van der Waals surface area contributed by atoms with Gasteiger partial charge < -0.3 is 29.6 Å². The van der Waals surface area contributed by atoms with E-state index in [1.165, 1.54) is 9.80 Å². The molecule has 2 saturated heterocycles. The maximum Gasteiger partial charge on any atom is 0.233 e. The summed E-state index contributed by atoms with van der Waals surface area (Å²) in [5, 5.41) is 5.54. The number of amides is 6. The molecule has 1 aromatic carbocycles. The van der Waals surface area contributed by atoms with Gasteiger partial charge in [0.05, 0.1) is 65.2 Å². The van der Waals surface area contributed by atoms with E-state index in [2.05, 4.69) is 10.6 Å². The zero-order valence-electron chi connectivity index (χ0n) is 27.3. The molecule has 6 amide bonds. The summed E-state index contributed by atoms with van der Waals surface area (Å²) in [5.41, 5.74) is 1.61. The van der Waals surface area contributed by atoms with E-state index >= 15 is 0 Å². The lowest BCUT2D eigenvalue weighted by Gasteiger charge is -2.28. The van der Waals surface area contributed by atoms with Crippen LogP contribution in [0.5, 0.6) is 0 Å². The zero-order valence-corrected chi connectivity index (χ0v) is 27.3. The first kappa shape index (κ1) is 36.8. The maximum atomic E-state index is 12.5. The largest absolute Gasteiger partial charge is 0.379 e. The molecule has 4 rings (SSSR count). The molecule has 0 radical (unpaired) electrons. The Morgan fingerprint density at radius 1 is 0.771 bits per heavy atom. The van der Waals surface area contributed by atoms with E-state index in [1.54, 1.807) is 12.1 Å². The third kappa shape index (κ3) is 11.9. The molecule has 0 aromatic heterocycles. The summed E-state index contributed by atoms with van der Waals surface area (Å²) in [6.07, 6.45) is 6.55. The highest BCUT2D eigenvalue weighted by Gasteiger charge is 2.42. The Morgan fingerprint density at radius 3 is 2.00 bits per heavy atom. The minimum absolute atomic E-state index is 0.0712. The van der Waals surface area contributed by atoms with Crippen LogP contribution in [-0.4, -0.2) is 118 Å². The number of nitrogens with zero attached hydrogens (tertiary/aromatic N) is 2. The highest BCUT2D eigenvalue weighted by molar-refractivity contribution is 6.04. The highest BCUT2D eigenvalue weighted by Crippen LogP contribution is 2.34. The van der Waals surface area contributed by atoms with Crippen LogP contribution < -0.4 is 10.6 Å². The van der Waals surface area contributed by atoms with Gasteiger partial charge in [0, 0.05) is 51.0 Å². The van der Waals surface area contributed by atoms with Crippen LogP contribution in [-0.2, 0) is 54.1 Å². The summed E-state index contributed by atoms with van der Waals surface area (Å²) in [7, 11) is 0. The van der Waals surface area contributed by atoms with Crippen LogP contribution >= 0.6 is 0 Å². The van der Waals surface area contributed by atoms with Gasteiger partial charge in [-0.25, -0.2) is 0 Å². The Balaban J connectivity index is 0.883. The molecule has 48 heavy (non-hydrogen) atoms. The standard InChI is InChI=1S/C34H46N4O10/c39-29(10-14-38-33(43)24-28(34(38)44)26-2-1-3-26)35-13-17-46-19-21-48-23-22-47-20-18-45-16-12-30(40)36-27-7-4-25(5-8-27)6-9-31(41)37-15-11-32(37)42/h1-2,4-5,7-8,26,28H,3,6,9-24H2,(H,35,39)(H,36,40). The van der Waals surface area contributed by atoms with Crippen LogP contribution in [0.25, 0.3) is 0 Å². The minimum atomic E-state index is -0.278. The molecular formula is C34H46N4O10. The van der Waals surface area contributed by atoms with Crippen molar-refractivity contribution in [3.63, 3.8) is 0 Å². The molecule has 2 aliphatic heterocycles. The van der Waals surface area contributed by atoms with Crippen LogP contribution in [0.2, 0.25) is 0 Å². The normalized spacial score (nSPS) is 18.5. The van der Waals surface area contributed by atoms with Gasteiger partial charge in [-0.15, -0.1) is 0 Å². The number of allylic oxidation sites excluding steroid dienone is 2. The first-order valence-electron chi connectivity index (χ1n) is 16.6. The molecule has 2 heterocycles. The number of ether oxygens (including phenoxy) is 4. The molecule has 0 saturated carbocycles. The number of benzene rings is 1. The molecule has 2 unspecified atom stereocenters. The average Bonchev–Trinajstić information content (AvgIpc) is 3.31. The molecule has 3 aliphatic rings. The zero-order chi connectivity index (χ0) is 34.1. The first-order chi connectivity index (χ1) is 23.3. The number of imide groups is 2. The molecule has 1 aliphatic carbocycles. The number of likely N-dealkylation sites (tertiary alicyclic amines) is 2. The van der Waals surface area contributed by atoms with E-state index < -0.39 is 0 Å². The average molecular weight is 671 g/mol. The van der Waals surface area contributed by atoms with Gasteiger partial charge in [-0.2, -0.15) is 0 Å². The quantitative estimate of drug-likeness (QED) is 0.0748. The Bertz CT molecular complexity index is 1300. The predicted molar refractivity (Wildman–Crippen MR) is 172 cm³/mol.